The molecular weight excluding hydrogens is 451 g/mol. The van der Waals surface area contributed by atoms with Gasteiger partial charge in [-0.1, -0.05) is 12.1 Å². The number of benzene rings is 1. The number of nitrogens with zero attached hydrogens (tertiary/aromatic N) is 4. The number of hydrogen-bond acceptors (Lipinski definition) is 6. The minimum atomic E-state index is -4.69. The third-order valence-electron chi connectivity index (χ3n) is 5.98. The molecule has 34 heavy (non-hydrogen) atoms. The number of carbonyl (C=O) groups is 1. The number of alkyl halides is 3. The smallest absolute Gasteiger partial charge is 0.435 e. The molecular formula is C23H18F3N5O3. The Morgan fingerprint density at radius 1 is 1.15 bits per heavy atom. The number of ether oxygens (including phenoxy) is 1. The SMILES string of the molecule is COc1ccn2c(-c3ccnc(C4(c5ccc(C(=O)NO)cc5)CC4)n3)c(C(F)(F)F)nc2c1. The van der Waals surface area contributed by atoms with Crippen molar-refractivity contribution in [3.63, 3.8) is 0 Å². The molecule has 1 aliphatic rings. The lowest BCUT2D eigenvalue weighted by Crippen LogP contribution is -2.19. The number of hydroxylamine groups is 1. The molecule has 174 valence electrons. The number of imidazole rings is 1. The van der Waals surface area contributed by atoms with E-state index in [-0.39, 0.29) is 22.6 Å². The van der Waals surface area contributed by atoms with E-state index in [1.54, 1.807) is 35.8 Å². The topological polar surface area (TPSA) is 102 Å². The quantitative estimate of drug-likeness (QED) is 0.338. The molecule has 0 unspecified atom stereocenters. The van der Waals surface area contributed by atoms with Gasteiger partial charge in [0.2, 0.25) is 0 Å². The van der Waals surface area contributed by atoms with Crippen molar-refractivity contribution in [3.8, 4) is 17.1 Å². The van der Waals surface area contributed by atoms with Crippen molar-refractivity contribution < 1.29 is 27.9 Å². The zero-order valence-corrected chi connectivity index (χ0v) is 17.8. The molecule has 0 aliphatic heterocycles. The Morgan fingerprint density at radius 2 is 1.88 bits per heavy atom. The molecule has 5 rings (SSSR count). The minimum absolute atomic E-state index is 0.0840. The molecule has 1 aliphatic carbocycles. The standard InChI is InChI=1S/C23H18F3N5O3/c1-34-15-7-11-31-17(12-15)29-19(23(24,25)26)18(31)16-6-10-27-21(28-16)22(8-9-22)14-4-2-13(3-5-14)20(32)30-33/h2-7,10-12,33H,8-9H2,1H3,(H,30,32). The van der Waals surface area contributed by atoms with Crippen LogP contribution in [0, 0.1) is 0 Å². The van der Waals surface area contributed by atoms with E-state index in [1.807, 2.05) is 0 Å². The number of fused-ring (bicyclic) bond motifs is 1. The van der Waals surface area contributed by atoms with Gasteiger partial charge >= 0.3 is 6.18 Å². The predicted octanol–water partition coefficient (Wildman–Crippen LogP) is 4.02. The first-order valence-corrected chi connectivity index (χ1v) is 10.3. The first-order valence-electron chi connectivity index (χ1n) is 10.3. The number of hydrogen-bond donors (Lipinski definition) is 2. The zero-order chi connectivity index (χ0) is 24.1. The average Bonchev–Trinajstić information content (AvgIpc) is 3.56. The fourth-order valence-corrected chi connectivity index (χ4v) is 4.09. The van der Waals surface area contributed by atoms with E-state index in [4.69, 9.17) is 9.94 Å². The van der Waals surface area contributed by atoms with Gasteiger partial charge in [0.1, 0.15) is 22.9 Å². The van der Waals surface area contributed by atoms with Crippen LogP contribution in [-0.4, -0.2) is 37.6 Å². The van der Waals surface area contributed by atoms with Crippen molar-refractivity contribution in [1.82, 2.24) is 24.8 Å². The molecule has 1 fully saturated rings. The molecule has 0 radical (unpaired) electrons. The second kappa shape index (κ2) is 7.80. The summed E-state index contributed by atoms with van der Waals surface area (Å²) < 4.78 is 48.1. The molecule has 3 aromatic heterocycles. The molecule has 0 atom stereocenters. The summed E-state index contributed by atoms with van der Waals surface area (Å²) in [4.78, 5) is 24.3. The summed E-state index contributed by atoms with van der Waals surface area (Å²) >= 11 is 0. The van der Waals surface area contributed by atoms with Gasteiger partial charge in [0.15, 0.2) is 5.69 Å². The van der Waals surface area contributed by atoms with Gasteiger partial charge in [-0.05, 0) is 42.7 Å². The molecule has 0 bridgehead atoms. The summed E-state index contributed by atoms with van der Waals surface area (Å²) in [6.07, 6.45) is -0.378. The van der Waals surface area contributed by atoms with Gasteiger partial charge in [-0.15, -0.1) is 0 Å². The third-order valence-corrected chi connectivity index (χ3v) is 5.98. The highest BCUT2D eigenvalue weighted by Crippen LogP contribution is 2.52. The minimum Gasteiger partial charge on any atom is -0.497 e. The fourth-order valence-electron chi connectivity index (χ4n) is 4.09. The van der Waals surface area contributed by atoms with Crippen LogP contribution >= 0.6 is 0 Å². The van der Waals surface area contributed by atoms with E-state index in [1.165, 1.54) is 36.0 Å². The molecule has 1 aromatic carbocycles. The van der Waals surface area contributed by atoms with Crippen LogP contribution in [0.15, 0.2) is 54.9 Å². The largest absolute Gasteiger partial charge is 0.497 e. The molecule has 2 N–H and O–H groups in total. The summed E-state index contributed by atoms with van der Waals surface area (Å²) in [5, 5.41) is 8.80. The van der Waals surface area contributed by atoms with Crippen molar-refractivity contribution in [2.24, 2.45) is 0 Å². The van der Waals surface area contributed by atoms with E-state index < -0.39 is 23.2 Å². The van der Waals surface area contributed by atoms with E-state index in [0.29, 0.717) is 24.4 Å². The number of nitrogens with one attached hydrogen (secondary N) is 1. The van der Waals surface area contributed by atoms with Gasteiger partial charge in [-0.2, -0.15) is 13.2 Å². The molecule has 3 heterocycles. The van der Waals surface area contributed by atoms with Crippen LogP contribution in [-0.2, 0) is 11.6 Å². The van der Waals surface area contributed by atoms with E-state index in [0.717, 1.165) is 5.56 Å². The summed E-state index contributed by atoms with van der Waals surface area (Å²) in [5.41, 5.74) is 1.07. The van der Waals surface area contributed by atoms with Gasteiger partial charge in [0.25, 0.3) is 5.91 Å². The van der Waals surface area contributed by atoms with Crippen LogP contribution in [0.3, 0.4) is 0 Å². The number of halogens is 3. The molecule has 1 amide bonds. The summed E-state index contributed by atoms with van der Waals surface area (Å²) in [6.45, 7) is 0. The van der Waals surface area contributed by atoms with E-state index in [9.17, 15) is 18.0 Å². The van der Waals surface area contributed by atoms with Crippen molar-refractivity contribution in [2.45, 2.75) is 24.4 Å². The number of rotatable bonds is 5. The Kier molecular flexibility index (Phi) is 5.01. The number of amides is 1. The van der Waals surface area contributed by atoms with Crippen LogP contribution in [0.1, 0.15) is 40.3 Å². The second-order valence-corrected chi connectivity index (χ2v) is 7.97. The first-order chi connectivity index (χ1) is 16.3. The average molecular weight is 469 g/mol. The molecule has 8 nitrogen and oxygen atoms in total. The Bertz CT molecular complexity index is 1400. The lowest BCUT2D eigenvalue weighted by Gasteiger charge is -2.16. The molecule has 4 aromatic rings. The van der Waals surface area contributed by atoms with Crippen molar-refractivity contribution in [2.75, 3.05) is 7.11 Å². The van der Waals surface area contributed by atoms with Crippen LogP contribution in [0.5, 0.6) is 5.75 Å². The molecule has 11 heteroatoms. The van der Waals surface area contributed by atoms with Crippen molar-refractivity contribution in [3.05, 3.63) is 77.5 Å². The highest BCUT2D eigenvalue weighted by Gasteiger charge is 2.49. The van der Waals surface area contributed by atoms with Gasteiger partial charge in [-0.3, -0.25) is 14.4 Å². The Labute approximate surface area is 191 Å². The van der Waals surface area contributed by atoms with Crippen molar-refractivity contribution >= 4 is 11.6 Å². The highest BCUT2D eigenvalue weighted by molar-refractivity contribution is 5.93. The number of pyridine rings is 1. The fraction of sp³-hybridized carbons (Fsp3) is 0.217. The summed E-state index contributed by atoms with van der Waals surface area (Å²) in [6, 6.07) is 11.0. The summed E-state index contributed by atoms with van der Waals surface area (Å²) in [5.74, 6) is 0.135. The van der Waals surface area contributed by atoms with Gasteiger partial charge in [0.05, 0.1) is 18.2 Å². The number of methoxy groups -OCH3 is 1. The molecule has 0 saturated heterocycles. The van der Waals surface area contributed by atoms with E-state index in [2.05, 4.69) is 15.0 Å². The Hall–Kier alpha value is -3.99. The van der Waals surface area contributed by atoms with Gasteiger partial charge < -0.3 is 4.74 Å². The molecule has 1 saturated carbocycles. The number of aromatic nitrogens is 4. The monoisotopic (exact) mass is 469 g/mol. The van der Waals surface area contributed by atoms with Crippen molar-refractivity contribution in [1.29, 1.82) is 0 Å². The normalized spacial score (nSPS) is 14.7. The first kappa shape index (κ1) is 21.8. The highest BCUT2D eigenvalue weighted by atomic mass is 19.4. The zero-order valence-electron chi connectivity index (χ0n) is 17.8. The van der Waals surface area contributed by atoms with Crippen LogP contribution < -0.4 is 10.2 Å². The van der Waals surface area contributed by atoms with E-state index >= 15 is 0 Å². The predicted molar refractivity (Wildman–Crippen MR) is 113 cm³/mol. The Morgan fingerprint density at radius 3 is 2.50 bits per heavy atom. The van der Waals surface area contributed by atoms with Gasteiger partial charge in [-0.25, -0.2) is 20.4 Å². The maximum Gasteiger partial charge on any atom is 0.435 e. The third kappa shape index (κ3) is 3.54. The summed E-state index contributed by atoms with van der Waals surface area (Å²) in [7, 11) is 1.43. The van der Waals surface area contributed by atoms with Crippen LogP contribution in [0.2, 0.25) is 0 Å². The lowest BCUT2D eigenvalue weighted by molar-refractivity contribution is -0.140. The number of carbonyl (C=O) groups excluding carboxylic acids is 1. The molecule has 0 spiro atoms. The van der Waals surface area contributed by atoms with Gasteiger partial charge in [0, 0.05) is 24.0 Å². The van der Waals surface area contributed by atoms with Crippen LogP contribution in [0.4, 0.5) is 13.2 Å². The maximum absolute atomic E-state index is 13.9. The Balaban J connectivity index is 1.61. The lowest BCUT2D eigenvalue weighted by atomic mass is 9.93. The van der Waals surface area contributed by atoms with Crippen LogP contribution in [0.25, 0.3) is 17.0 Å². The maximum atomic E-state index is 13.9. The second-order valence-electron chi connectivity index (χ2n) is 7.97.